The van der Waals surface area contributed by atoms with Gasteiger partial charge in [-0.1, -0.05) is 41.9 Å². The number of H-pyrrole nitrogens is 1. The van der Waals surface area contributed by atoms with Crippen molar-refractivity contribution in [2.45, 2.75) is 27.0 Å². The molecule has 0 bridgehead atoms. The molecule has 4 rings (SSSR count). The van der Waals surface area contributed by atoms with E-state index in [1.165, 1.54) is 0 Å². The Morgan fingerprint density at radius 2 is 1.93 bits per heavy atom. The Kier molecular flexibility index (Phi) is 5.37. The van der Waals surface area contributed by atoms with E-state index in [1.54, 1.807) is 29.8 Å². The van der Waals surface area contributed by atoms with Gasteiger partial charge in [0.15, 0.2) is 0 Å². The maximum atomic E-state index is 12.7. The normalized spacial score (nSPS) is 11.0. The number of carbonyl (C=O) groups excluding carboxylic acids is 1. The van der Waals surface area contributed by atoms with Crippen LogP contribution in [-0.2, 0) is 17.9 Å². The minimum Gasteiger partial charge on any atom is -0.454 e. The molecule has 0 spiro atoms. The molecule has 7 nitrogen and oxygen atoms in total. The molecule has 30 heavy (non-hydrogen) atoms. The fraction of sp³-hybridized carbons (Fsp3) is 0.182. The van der Waals surface area contributed by atoms with Crippen LogP contribution < -0.4 is 5.56 Å². The molecule has 1 N–H and O–H groups in total. The highest BCUT2D eigenvalue weighted by molar-refractivity contribution is 6.31. The number of carbonyl (C=O) groups is 1. The van der Waals surface area contributed by atoms with E-state index >= 15 is 0 Å². The summed E-state index contributed by atoms with van der Waals surface area (Å²) in [5.74, 6) is -0.270. The van der Waals surface area contributed by atoms with Gasteiger partial charge < -0.3 is 9.72 Å². The van der Waals surface area contributed by atoms with E-state index in [0.29, 0.717) is 39.4 Å². The summed E-state index contributed by atoms with van der Waals surface area (Å²) in [4.78, 5) is 31.9. The third-order valence-corrected chi connectivity index (χ3v) is 5.05. The van der Waals surface area contributed by atoms with Crippen molar-refractivity contribution in [1.82, 2.24) is 19.7 Å². The lowest BCUT2D eigenvalue weighted by Crippen LogP contribution is -2.15. The average molecular weight is 423 g/mol. The topological polar surface area (TPSA) is 89.9 Å². The van der Waals surface area contributed by atoms with Crippen LogP contribution >= 0.6 is 11.6 Å². The molecule has 0 fully saturated rings. The SMILES string of the molecule is Cc1nn(Cc2ccccc2)c(C)c1C(=O)OCc1nc2cc(Cl)ccc2c(=O)[nH]1. The first-order chi connectivity index (χ1) is 14.4. The third kappa shape index (κ3) is 3.97. The monoisotopic (exact) mass is 422 g/mol. The quantitative estimate of drug-likeness (QED) is 0.494. The van der Waals surface area contributed by atoms with Crippen LogP contribution in [-0.4, -0.2) is 25.7 Å². The van der Waals surface area contributed by atoms with Crippen LogP contribution in [0.15, 0.2) is 53.3 Å². The summed E-state index contributed by atoms with van der Waals surface area (Å²) >= 11 is 5.98. The first-order valence-corrected chi connectivity index (χ1v) is 9.73. The molecular formula is C22H19ClN4O3. The number of nitrogens with zero attached hydrogens (tertiary/aromatic N) is 3. The maximum absolute atomic E-state index is 12.7. The molecule has 4 aromatic rings. The first kappa shape index (κ1) is 19.8. The van der Waals surface area contributed by atoms with E-state index in [9.17, 15) is 9.59 Å². The zero-order valence-corrected chi connectivity index (χ0v) is 17.2. The average Bonchev–Trinajstić information content (AvgIpc) is 2.99. The van der Waals surface area contributed by atoms with Crippen LogP contribution in [0, 0.1) is 13.8 Å². The molecule has 2 aromatic heterocycles. The summed E-state index contributed by atoms with van der Waals surface area (Å²) in [6.45, 7) is 3.99. The Hall–Kier alpha value is -3.45. The Balaban J connectivity index is 1.53. The summed E-state index contributed by atoms with van der Waals surface area (Å²) in [5.41, 5.74) is 2.93. The molecule has 0 atom stereocenters. The molecule has 2 heterocycles. The Labute approximate surface area is 177 Å². The Morgan fingerprint density at radius 1 is 1.17 bits per heavy atom. The maximum Gasteiger partial charge on any atom is 0.342 e. The molecule has 8 heteroatoms. The van der Waals surface area contributed by atoms with Crippen molar-refractivity contribution in [2.24, 2.45) is 0 Å². The molecule has 0 aliphatic rings. The molecular weight excluding hydrogens is 404 g/mol. The number of nitrogens with one attached hydrogen (secondary N) is 1. The standard InChI is InChI=1S/C22H19ClN4O3/c1-13-20(14(2)27(26-13)11-15-6-4-3-5-7-15)22(29)30-12-19-24-18-10-16(23)8-9-17(18)21(28)25-19/h3-10H,11-12H2,1-2H3,(H,24,25,28). The minimum absolute atomic E-state index is 0.167. The van der Waals surface area contributed by atoms with Gasteiger partial charge in [-0.2, -0.15) is 5.10 Å². The van der Waals surface area contributed by atoms with Gasteiger partial charge in [-0.15, -0.1) is 0 Å². The van der Waals surface area contributed by atoms with Crippen molar-refractivity contribution in [3.05, 3.63) is 92.2 Å². The number of hydrogen-bond acceptors (Lipinski definition) is 5. The van der Waals surface area contributed by atoms with Crippen molar-refractivity contribution in [2.75, 3.05) is 0 Å². The lowest BCUT2D eigenvalue weighted by atomic mass is 10.2. The van der Waals surface area contributed by atoms with Gasteiger partial charge in [0.2, 0.25) is 0 Å². The van der Waals surface area contributed by atoms with E-state index in [1.807, 2.05) is 37.3 Å². The van der Waals surface area contributed by atoms with Gasteiger partial charge in [0.25, 0.3) is 5.56 Å². The number of esters is 1. The van der Waals surface area contributed by atoms with Crippen LogP contribution in [0.1, 0.15) is 33.1 Å². The van der Waals surface area contributed by atoms with Crippen LogP contribution in [0.5, 0.6) is 0 Å². The number of hydrogen-bond donors (Lipinski definition) is 1. The molecule has 0 saturated heterocycles. The van der Waals surface area contributed by atoms with Crippen molar-refractivity contribution in [3.8, 4) is 0 Å². The molecule has 0 unspecified atom stereocenters. The molecule has 0 amide bonds. The van der Waals surface area contributed by atoms with E-state index < -0.39 is 5.97 Å². The molecule has 2 aromatic carbocycles. The zero-order valence-electron chi connectivity index (χ0n) is 16.5. The van der Waals surface area contributed by atoms with Crippen molar-refractivity contribution in [3.63, 3.8) is 0 Å². The summed E-state index contributed by atoms with van der Waals surface area (Å²) in [7, 11) is 0. The van der Waals surface area contributed by atoms with Crippen LogP contribution in [0.25, 0.3) is 10.9 Å². The molecule has 152 valence electrons. The molecule has 0 aliphatic heterocycles. The third-order valence-electron chi connectivity index (χ3n) is 4.82. The molecule has 0 saturated carbocycles. The smallest absolute Gasteiger partial charge is 0.342 e. The van der Waals surface area contributed by atoms with Gasteiger partial charge in [0.1, 0.15) is 18.0 Å². The van der Waals surface area contributed by atoms with Crippen molar-refractivity contribution >= 4 is 28.5 Å². The van der Waals surface area contributed by atoms with Gasteiger partial charge >= 0.3 is 5.97 Å². The number of aryl methyl sites for hydroxylation is 1. The largest absolute Gasteiger partial charge is 0.454 e. The highest BCUT2D eigenvalue weighted by Crippen LogP contribution is 2.18. The molecule has 0 aliphatic carbocycles. The van der Waals surface area contributed by atoms with Gasteiger partial charge in [-0.25, -0.2) is 9.78 Å². The van der Waals surface area contributed by atoms with Gasteiger partial charge in [0.05, 0.1) is 28.8 Å². The lowest BCUT2D eigenvalue weighted by Gasteiger charge is -2.07. The zero-order chi connectivity index (χ0) is 21.3. The number of aromatic nitrogens is 4. The van der Waals surface area contributed by atoms with Gasteiger partial charge in [-0.3, -0.25) is 9.48 Å². The lowest BCUT2D eigenvalue weighted by molar-refractivity contribution is 0.0460. The van der Waals surface area contributed by atoms with E-state index in [-0.39, 0.29) is 18.0 Å². The molecule has 0 radical (unpaired) electrons. The van der Waals surface area contributed by atoms with Crippen LogP contribution in [0.2, 0.25) is 5.02 Å². The van der Waals surface area contributed by atoms with Gasteiger partial charge in [0, 0.05) is 5.02 Å². The minimum atomic E-state index is -0.516. The Morgan fingerprint density at radius 3 is 2.70 bits per heavy atom. The predicted molar refractivity (Wildman–Crippen MR) is 114 cm³/mol. The second-order valence-corrected chi connectivity index (χ2v) is 7.38. The van der Waals surface area contributed by atoms with Crippen LogP contribution in [0.4, 0.5) is 0 Å². The summed E-state index contributed by atoms with van der Waals surface area (Å²) in [6.07, 6.45) is 0. The number of ether oxygens (including phenoxy) is 1. The second kappa shape index (κ2) is 8.12. The second-order valence-electron chi connectivity index (χ2n) is 6.94. The van der Waals surface area contributed by atoms with Gasteiger partial charge in [-0.05, 0) is 37.6 Å². The van der Waals surface area contributed by atoms with E-state index in [0.717, 1.165) is 5.56 Å². The number of fused-ring (bicyclic) bond motifs is 1. The van der Waals surface area contributed by atoms with E-state index in [4.69, 9.17) is 16.3 Å². The fourth-order valence-corrected chi connectivity index (χ4v) is 3.50. The number of rotatable bonds is 5. The fourth-order valence-electron chi connectivity index (χ4n) is 3.34. The van der Waals surface area contributed by atoms with Crippen molar-refractivity contribution < 1.29 is 9.53 Å². The Bertz CT molecular complexity index is 1300. The highest BCUT2D eigenvalue weighted by Gasteiger charge is 2.20. The van der Waals surface area contributed by atoms with Crippen molar-refractivity contribution in [1.29, 1.82) is 0 Å². The number of benzene rings is 2. The summed E-state index contributed by atoms with van der Waals surface area (Å²) in [5, 5.41) is 5.37. The summed E-state index contributed by atoms with van der Waals surface area (Å²) in [6, 6.07) is 14.7. The number of aromatic amines is 1. The predicted octanol–water partition coefficient (Wildman–Crippen LogP) is 3.80. The number of halogens is 1. The first-order valence-electron chi connectivity index (χ1n) is 9.36. The highest BCUT2D eigenvalue weighted by atomic mass is 35.5. The van der Waals surface area contributed by atoms with Crippen LogP contribution in [0.3, 0.4) is 0 Å². The van der Waals surface area contributed by atoms with E-state index in [2.05, 4.69) is 15.1 Å². The summed E-state index contributed by atoms with van der Waals surface area (Å²) < 4.78 is 7.19.